The lowest BCUT2D eigenvalue weighted by molar-refractivity contribution is -0.131. The summed E-state index contributed by atoms with van der Waals surface area (Å²) in [7, 11) is 0. The van der Waals surface area contributed by atoms with Crippen LogP contribution in [0.15, 0.2) is 128 Å². The molecule has 8 aliphatic heterocycles. The number of ether oxygens (including phenoxy) is 3. The first-order valence-electron chi connectivity index (χ1n) is 47.1. The van der Waals surface area contributed by atoms with Crippen LogP contribution in [0.5, 0.6) is 18.0 Å². The van der Waals surface area contributed by atoms with Gasteiger partial charge in [-0.05, 0) is 154 Å². The average Bonchev–Trinajstić information content (AvgIpc) is 0.929. The summed E-state index contributed by atoms with van der Waals surface area (Å²) >= 11 is 19.5. The SMILES string of the molecule is [C-]#[N+]C[C@H]1CN(c2nc(OCC3CCC3)nc3c2CCN(c2cccc4ccc(F)c(Cl)c24)C3)CCN1C(=O)C(=C)F.[C-]#[N+]C[C@H]1CN(c2nc(OCCCN3CC4CC[C@@H]3C4)nc3c2CCN(c2cccc4ccc(F)c(Cl)c24)C3)CCN1C(=O)C(=C)F.[C-]#[N+]C[C@H]1CN(c2nc(OC[C@@H]3CCCN3C3CCC3)nc3c2CCN(c2cccc4ccc(F)c(Cl)c24)C3)CCN1C(=O)C(=C)F. The third kappa shape index (κ3) is 19.9. The monoisotopic (exact) mass is 1910 g/mol. The number of nitrogens with zero attached hydrogens (tertiary/aromatic N) is 20. The van der Waals surface area contributed by atoms with Crippen molar-refractivity contribution in [1.82, 2.24) is 54.4 Å². The number of piperazine rings is 3. The number of rotatable bonds is 24. The Labute approximate surface area is 801 Å². The number of likely N-dealkylation sites (tertiary alicyclic amines) is 2. The Balaban J connectivity index is 0.000000136. The number of halogens is 9. The Morgan fingerprint density at radius 2 is 0.816 bits per heavy atom. The summed E-state index contributed by atoms with van der Waals surface area (Å²) < 4.78 is 104. The first kappa shape index (κ1) is 94.4. The maximum absolute atomic E-state index is 14.6. The molecule has 8 fully saturated rings. The summed E-state index contributed by atoms with van der Waals surface area (Å²) in [4.78, 5) is 99.6. The average molecular weight is 1920 g/mol. The van der Waals surface area contributed by atoms with E-state index in [9.17, 15) is 40.7 Å². The van der Waals surface area contributed by atoms with E-state index in [0.717, 1.165) is 124 Å². The molecule has 2 bridgehead atoms. The van der Waals surface area contributed by atoms with E-state index in [1.54, 1.807) is 18.2 Å². The van der Waals surface area contributed by atoms with Crippen molar-refractivity contribution in [3.63, 3.8) is 0 Å². The van der Waals surface area contributed by atoms with Crippen LogP contribution in [0.1, 0.15) is 111 Å². The van der Waals surface area contributed by atoms with Crippen molar-refractivity contribution in [3.8, 4) is 18.0 Å². The number of carbonyl (C=O) groups is 3. The first-order chi connectivity index (χ1) is 66.0. The second kappa shape index (κ2) is 41.5. The molecule has 26 nitrogen and oxygen atoms in total. The smallest absolute Gasteiger partial charge is 0.318 e. The molecular weight excluding hydrogens is 1810 g/mol. The molecule has 1 unspecified atom stereocenters. The van der Waals surface area contributed by atoms with Gasteiger partial charge < -0.3 is 72.8 Å². The van der Waals surface area contributed by atoms with Crippen LogP contribution in [0.4, 0.5) is 60.9 Å². The molecule has 0 spiro atoms. The number of amides is 3. The molecule has 3 saturated carbocycles. The Kier molecular flexibility index (Phi) is 28.8. The second-order valence-electron chi connectivity index (χ2n) is 37.1. The summed E-state index contributed by atoms with van der Waals surface area (Å²) in [6, 6.07) is 27.8. The number of fused-ring (bicyclic) bond motifs is 8. The maximum atomic E-state index is 14.6. The molecule has 710 valence electrons. The van der Waals surface area contributed by atoms with Crippen LogP contribution in [-0.4, -0.2) is 246 Å². The van der Waals surface area contributed by atoms with E-state index in [1.165, 1.54) is 84.4 Å². The van der Waals surface area contributed by atoms with E-state index in [2.05, 4.69) is 73.5 Å². The lowest BCUT2D eigenvalue weighted by Gasteiger charge is -2.41. The second-order valence-corrected chi connectivity index (χ2v) is 38.2. The van der Waals surface area contributed by atoms with Gasteiger partial charge in [0.25, 0.3) is 17.7 Å². The highest BCUT2D eigenvalue weighted by Crippen LogP contribution is 2.45. The van der Waals surface area contributed by atoms with E-state index in [4.69, 9.17) is 98.6 Å². The van der Waals surface area contributed by atoms with Crippen molar-refractivity contribution in [2.75, 3.05) is 167 Å². The van der Waals surface area contributed by atoms with Gasteiger partial charge in [-0.2, -0.15) is 29.9 Å². The number of aromatic nitrogens is 6. The minimum absolute atomic E-state index is 0.0384. The maximum Gasteiger partial charge on any atom is 0.318 e. The molecule has 20 rings (SSSR count). The number of carbonyl (C=O) groups excluding carboxylic acids is 3. The number of hydrogen-bond donors (Lipinski definition) is 0. The lowest BCUT2D eigenvalue weighted by Crippen LogP contribution is -2.57. The van der Waals surface area contributed by atoms with Gasteiger partial charge in [-0.3, -0.25) is 24.2 Å². The lowest BCUT2D eigenvalue weighted by atomic mass is 9.86. The molecule has 0 N–H and O–H groups in total. The number of hydrogen-bond acceptors (Lipinski definition) is 20. The molecule has 11 heterocycles. The molecule has 3 amide bonds. The van der Waals surface area contributed by atoms with E-state index >= 15 is 0 Å². The normalized spacial score (nSPS) is 21.1. The summed E-state index contributed by atoms with van der Waals surface area (Å²) in [6.45, 7) is 42.9. The molecule has 5 saturated heterocycles. The van der Waals surface area contributed by atoms with Crippen molar-refractivity contribution in [2.45, 2.75) is 152 Å². The Hall–Kier alpha value is -12.0. The van der Waals surface area contributed by atoms with Crippen LogP contribution in [-0.2, 0) is 53.3 Å². The Morgan fingerprint density at radius 3 is 1.17 bits per heavy atom. The van der Waals surface area contributed by atoms with Gasteiger partial charge in [0.05, 0.1) is 65.0 Å². The highest BCUT2D eigenvalue weighted by molar-refractivity contribution is 6.38. The summed E-state index contributed by atoms with van der Waals surface area (Å²) in [5, 5.41) is 4.84. The van der Waals surface area contributed by atoms with Crippen molar-refractivity contribution in [3.05, 3.63) is 229 Å². The van der Waals surface area contributed by atoms with Crippen LogP contribution in [0.25, 0.3) is 46.9 Å². The van der Waals surface area contributed by atoms with E-state index in [0.29, 0.717) is 175 Å². The number of benzene rings is 6. The molecule has 136 heavy (non-hydrogen) atoms. The fraction of sp³-hybridized carbons (Fsp3) is 0.465. The number of anilines is 6. The Bertz CT molecular complexity index is 6260. The molecule has 6 aromatic carbocycles. The fourth-order valence-electron chi connectivity index (χ4n) is 21.6. The quantitative estimate of drug-likeness (QED) is 0.0239. The highest BCUT2D eigenvalue weighted by atomic mass is 35.5. The van der Waals surface area contributed by atoms with Gasteiger partial charge in [0.1, 0.15) is 59.6 Å². The van der Waals surface area contributed by atoms with Gasteiger partial charge >= 0.3 is 18.0 Å². The third-order valence-electron chi connectivity index (χ3n) is 28.9. The van der Waals surface area contributed by atoms with Crippen LogP contribution in [0.2, 0.25) is 15.1 Å². The topological polar surface area (TPSA) is 205 Å². The van der Waals surface area contributed by atoms with Crippen LogP contribution >= 0.6 is 34.8 Å². The summed E-state index contributed by atoms with van der Waals surface area (Å²) in [5.74, 6) is -3.34. The van der Waals surface area contributed by atoms with Gasteiger partial charge in [0, 0.05) is 160 Å². The van der Waals surface area contributed by atoms with Crippen molar-refractivity contribution >= 4 is 119 Å². The van der Waals surface area contributed by atoms with E-state index in [-0.39, 0.29) is 66.4 Å². The zero-order valence-electron chi connectivity index (χ0n) is 75.8. The van der Waals surface area contributed by atoms with Gasteiger partial charge in [-0.25, -0.2) is 46.1 Å². The number of piperidine rings is 1. The standard InChI is InChI=1S/2C35H38ClF2N7O2.C31H31ClF2N6O2/c1-22(37)34(46)45-17-16-43(19-26(45)18-39-2)33-27-13-15-42(30-10-3-6-23-11-12-28(38)32(36)31(23)30)20-29(27)40-35(41-33)47-21-25-9-5-14-44(25)24-7-4-8-24;1-22(37)34(46)45-15-14-44(20-26(45)18-39-2)33-27-11-13-43(30-6-3-5-24-8-10-28(38)32(36)31(24)30)21-29(27)40-35(41-33)47-16-4-12-42-19-23-7-9-25(42)17-23;1-19(33)30(41)40-14-13-39(16-22(40)15-35-2)29-23-11-12-38(17-25(23)36-31(37-29)42-18-20-5-3-6-20)26-8-4-7-21-9-10-24(34)28(32)27(21)26/h3,6,10-12,24-26H,1,4-5,7-9,13-21H2;3,5-6,8,10,23,25-26H,1,4,7,9,11-21H2;4,7-10,20,22H,1,3,5-6,11-18H2/t25-,26-;23?,25-,26+;22-/m010/s1. The van der Waals surface area contributed by atoms with Gasteiger partial charge in [-0.1, -0.05) is 122 Å². The molecule has 6 atom stereocenters. The molecule has 11 aliphatic rings. The molecule has 0 radical (unpaired) electrons. The summed E-state index contributed by atoms with van der Waals surface area (Å²) in [6.07, 6.45) is 16.1. The minimum atomic E-state index is -1.03. The van der Waals surface area contributed by atoms with Crippen LogP contribution in [0.3, 0.4) is 0 Å². The molecular formula is C101H107Cl3F6N20O6. The van der Waals surface area contributed by atoms with Gasteiger partial charge in [0.2, 0.25) is 19.6 Å². The van der Waals surface area contributed by atoms with Crippen LogP contribution < -0.4 is 43.6 Å². The van der Waals surface area contributed by atoms with Gasteiger partial charge in [-0.15, -0.1) is 0 Å². The highest BCUT2D eigenvalue weighted by Gasteiger charge is 2.44. The molecule has 9 aromatic rings. The molecule has 35 heteroatoms. The van der Waals surface area contributed by atoms with Crippen molar-refractivity contribution < 1.29 is 54.9 Å². The first-order valence-corrected chi connectivity index (χ1v) is 48.2. The zero-order valence-corrected chi connectivity index (χ0v) is 78.0. The minimum Gasteiger partial charge on any atom is -0.463 e. The van der Waals surface area contributed by atoms with E-state index in [1.807, 2.05) is 54.6 Å². The van der Waals surface area contributed by atoms with Crippen LogP contribution in [0, 0.1) is 49.0 Å². The third-order valence-corrected chi connectivity index (χ3v) is 30.1. The van der Waals surface area contributed by atoms with Crippen molar-refractivity contribution in [1.29, 1.82) is 0 Å². The fourth-order valence-corrected chi connectivity index (χ4v) is 22.4. The predicted molar refractivity (Wildman–Crippen MR) is 514 cm³/mol. The van der Waals surface area contributed by atoms with Gasteiger partial charge in [0.15, 0.2) is 17.5 Å². The van der Waals surface area contributed by atoms with Crippen molar-refractivity contribution in [2.24, 2.45) is 11.8 Å². The molecule has 3 aromatic heterocycles. The zero-order chi connectivity index (χ0) is 94.7. The molecule has 3 aliphatic carbocycles. The van der Waals surface area contributed by atoms with E-state index < -0.39 is 70.8 Å². The predicted octanol–water partition coefficient (Wildman–Crippen LogP) is 17.0. The summed E-state index contributed by atoms with van der Waals surface area (Å²) in [5.41, 5.74) is 7.81. The largest absolute Gasteiger partial charge is 0.463 e. The Morgan fingerprint density at radius 1 is 0.419 bits per heavy atom.